The highest BCUT2D eigenvalue weighted by Gasteiger charge is 2.23. The van der Waals surface area contributed by atoms with E-state index in [1.165, 1.54) is 6.08 Å². The summed E-state index contributed by atoms with van der Waals surface area (Å²) in [4.78, 5) is 39.6. The molecule has 0 spiro atoms. The van der Waals surface area contributed by atoms with Crippen molar-refractivity contribution < 1.29 is 33.3 Å². The minimum absolute atomic E-state index is 0.219. The molecule has 0 saturated heterocycles. The number of carbonyl (C=O) groups excluding carboxylic acids is 3. The Balaban J connectivity index is 2.01. The molecule has 0 saturated carbocycles. The maximum absolute atomic E-state index is 12.5. The SMILES string of the molecule is CCCOc1ccc(C=CC(=O)OCC(=O)c2[nH]c(C)c(C(=O)OCC)c2C)cc1OCC. The van der Waals surface area contributed by atoms with E-state index in [1.807, 2.05) is 13.8 Å². The van der Waals surface area contributed by atoms with Crippen molar-refractivity contribution in [3.63, 3.8) is 0 Å². The maximum Gasteiger partial charge on any atom is 0.340 e. The van der Waals surface area contributed by atoms with Gasteiger partial charge in [-0.05, 0) is 63.5 Å². The van der Waals surface area contributed by atoms with Gasteiger partial charge in [-0.2, -0.15) is 0 Å². The predicted molar refractivity (Wildman–Crippen MR) is 124 cm³/mol. The monoisotopic (exact) mass is 457 g/mol. The Labute approximate surface area is 193 Å². The number of ketones is 1. The van der Waals surface area contributed by atoms with Crippen LogP contribution < -0.4 is 9.47 Å². The summed E-state index contributed by atoms with van der Waals surface area (Å²) in [5, 5.41) is 0. The molecular formula is C25H31NO7. The molecule has 0 bridgehead atoms. The third kappa shape index (κ3) is 6.97. The summed E-state index contributed by atoms with van der Waals surface area (Å²) in [6.07, 6.45) is 3.69. The number of ether oxygens (including phenoxy) is 4. The van der Waals surface area contributed by atoms with Crippen molar-refractivity contribution in [2.24, 2.45) is 0 Å². The van der Waals surface area contributed by atoms with Gasteiger partial charge in [0.2, 0.25) is 5.78 Å². The first-order valence-corrected chi connectivity index (χ1v) is 11.0. The first-order valence-electron chi connectivity index (χ1n) is 11.0. The number of hydrogen-bond acceptors (Lipinski definition) is 7. The van der Waals surface area contributed by atoms with Gasteiger partial charge < -0.3 is 23.9 Å². The van der Waals surface area contributed by atoms with Gasteiger partial charge in [-0.15, -0.1) is 0 Å². The summed E-state index contributed by atoms with van der Waals surface area (Å²) >= 11 is 0. The Morgan fingerprint density at radius 2 is 1.73 bits per heavy atom. The first-order chi connectivity index (χ1) is 15.8. The molecule has 1 aromatic carbocycles. The lowest BCUT2D eigenvalue weighted by Gasteiger charge is -2.12. The van der Waals surface area contributed by atoms with E-state index in [4.69, 9.17) is 18.9 Å². The molecule has 0 aliphatic carbocycles. The molecule has 0 amide bonds. The first kappa shape index (κ1) is 25.7. The highest BCUT2D eigenvalue weighted by Crippen LogP contribution is 2.29. The Bertz CT molecular complexity index is 1020. The van der Waals surface area contributed by atoms with E-state index in [9.17, 15) is 14.4 Å². The molecular weight excluding hydrogens is 426 g/mol. The second-order valence-corrected chi connectivity index (χ2v) is 7.20. The van der Waals surface area contributed by atoms with E-state index in [0.29, 0.717) is 41.5 Å². The summed E-state index contributed by atoms with van der Waals surface area (Å²) in [5.74, 6) is -0.377. The van der Waals surface area contributed by atoms with Crippen molar-refractivity contribution in [2.45, 2.75) is 41.0 Å². The Morgan fingerprint density at radius 1 is 0.970 bits per heavy atom. The zero-order chi connectivity index (χ0) is 24.4. The van der Waals surface area contributed by atoms with Gasteiger partial charge in [0, 0.05) is 11.8 Å². The van der Waals surface area contributed by atoms with Crippen LogP contribution in [0.5, 0.6) is 11.5 Å². The van der Waals surface area contributed by atoms with Crippen molar-refractivity contribution in [2.75, 3.05) is 26.4 Å². The average molecular weight is 458 g/mol. The molecule has 33 heavy (non-hydrogen) atoms. The molecule has 178 valence electrons. The minimum Gasteiger partial charge on any atom is -0.490 e. The highest BCUT2D eigenvalue weighted by atomic mass is 16.5. The fraction of sp³-hybridized carbons (Fsp3) is 0.400. The third-order valence-electron chi connectivity index (χ3n) is 4.68. The zero-order valence-corrected chi connectivity index (χ0v) is 19.8. The van der Waals surface area contributed by atoms with E-state index in [1.54, 1.807) is 45.0 Å². The second-order valence-electron chi connectivity index (χ2n) is 7.20. The second kappa shape index (κ2) is 12.5. The van der Waals surface area contributed by atoms with Gasteiger partial charge in [0.05, 0.1) is 31.1 Å². The largest absolute Gasteiger partial charge is 0.490 e. The highest BCUT2D eigenvalue weighted by molar-refractivity contribution is 6.03. The molecule has 2 aromatic rings. The van der Waals surface area contributed by atoms with Crippen LogP contribution in [0.4, 0.5) is 0 Å². The molecule has 8 heteroatoms. The number of carbonyl (C=O) groups is 3. The van der Waals surface area contributed by atoms with Crippen LogP contribution in [0, 0.1) is 13.8 Å². The Morgan fingerprint density at radius 3 is 2.39 bits per heavy atom. The van der Waals surface area contributed by atoms with Gasteiger partial charge in [-0.3, -0.25) is 4.79 Å². The number of rotatable bonds is 12. The smallest absolute Gasteiger partial charge is 0.340 e. The van der Waals surface area contributed by atoms with E-state index < -0.39 is 24.3 Å². The molecule has 0 atom stereocenters. The van der Waals surface area contributed by atoms with E-state index in [2.05, 4.69) is 4.98 Å². The number of aromatic amines is 1. The number of Topliss-reactive ketones (excluding diaryl/α,β-unsaturated/α-hetero) is 1. The Hall–Kier alpha value is -3.55. The standard InChI is InChI=1S/C25H31NO7/c1-6-13-32-20-11-9-18(14-21(20)30-7-2)10-12-22(28)33-15-19(27)24-16(4)23(17(5)26-24)25(29)31-8-3/h9-12,14,26H,6-8,13,15H2,1-5H3. The fourth-order valence-corrected chi connectivity index (χ4v) is 3.19. The molecule has 1 heterocycles. The minimum atomic E-state index is -0.667. The number of aryl methyl sites for hydroxylation is 1. The van der Waals surface area contributed by atoms with Gasteiger partial charge in [-0.25, -0.2) is 9.59 Å². The topological polar surface area (TPSA) is 104 Å². The quantitative estimate of drug-likeness (QED) is 0.285. The third-order valence-corrected chi connectivity index (χ3v) is 4.68. The molecule has 1 aromatic heterocycles. The molecule has 0 aliphatic rings. The van der Waals surface area contributed by atoms with Crippen molar-refractivity contribution in [3.05, 3.63) is 52.4 Å². The van der Waals surface area contributed by atoms with Crippen LogP contribution in [0.25, 0.3) is 6.08 Å². The lowest BCUT2D eigenvalue weighted by atomic mass is 10.1. The van der Waals surface area contributed by atoms with E-state index in [-0.39, 0.29) is 12.3 Å². The maximum atomic E-state index is 12.5. The summed E-state index contributed by atoms with van der Waals surface area (Å²) in [6, 6.07) is 5.35. The molecule has 1 N–H and O–H groups in total. The molecule has 0 radical (unpaired) electrons. The average Bonchev–Trinajstić information content (AvgIpc) is 3.09. The summed E-state index contributed by atoms with van der Waals surface area (Å²) < 4.78 is 21.4. The Kier molecular flexibility index (Phi) is 9.72. The molecule has 2 rings (SSSR count). The van der Waals surface area contributed by atoms with Gasteiger partial charge in [0.25, 0.3) is 0 Å². The van der Waals surface area contributed by atoms with Crippen molar-refractivity contribution in [1.29, 1.82) is 0 Å². The summed E-state index contributed by atoms with van der Waals surface area (Å²) in [6.45, 7) is 9.77. The van der Waals surface area contributed by atoms with Gasteiger partial charge in [-0.1, -0.05) is 13.0 Å². The number of esters is 2. The van der Waals surface area contributed by atoms with Crippen LogP contribution in [0.1, 0.15) is 64.9 Å². The van der Waals surface area contributed by atoms with Crippen LogP contribution in [0.3, 0.4) is 0 Å². The van der Waals surface area contributed by atoms with Crippen LogP contribution in [0.15, 0.2) is 24.3 Å². The molecule has 8 nitrogen and oxygen atoms in total. The van der Waals surface area contributed by atoms with Crippen molar-refractivity contribution in [3.8, 4) is 11.5 Å². The molecule has 0 aliphatic heterocycles. The fourth-order valence-electron chi connectivity index (χ4n) is 3.19. The van der Waals surface area contributed by atoms with Crippen LogP contribution >= 0.6 is 0 Å². The zero-order valence-electron chi connectivity index (χ0n) is 19.8. The van der Waals surface area contributed by atoms with E-state index >= 15 is 0 Å². The van der Waals surface area contributed by atoms with Crippen LogP contribution in [-0.2, 0) is 14.3 Å². The number of H-pyrrole nitrogens is 1. The number of benzene rings is 1. The van der Waals surface area contributed by atoms with Gasteiger partial charge in [0.15, 0.2) is 18.1 Å². The number of hydrogen-bond donors (Lipinski definition) is 1. The number of nitrogens with one attached hydrogen (secondary N) is 1. The number of aromatic nitrogens is 1. The molecule has 0 fully saturated rings. The summed E-state index contributed by atoms with van der Waals surface area (Å²) in [7, 11) is 0. The van der Waals surface area contributed by atoms with Crippen LogP contribution in [-0.4, -0.2) is 49.1 Å². The summed E-state index contributed by atoms with van der Waals surface area (Å²) in [5.41, 5.74) is 2.26. The lowest BCUT2D eigenvalue weighted by Crippen LogP contribution is -2.14. The van der Waals surface area contributed by atoms with Crippen molar-refractivity contribution in [1.82, 2.24) is 4.98 Å². The normalized spacial score (nSPS) is 10.8. The lowest BCUT2D eigenvalue weighted by molar-refractivity contribution is -0.136. The van der Waals surface area contributed by atoms with Gasteiger partial charge >= 0.3 is 11.9 Å². The predicted octanol–water partition coefficient (Wildman–Crippen LogP) is 4.44. The van der Waals surface area contributed by atoms with Crippen LogP contribution in [0.2, 0.25) is 0 Å². The van der Waals surface area contributed by atoms with Gasteiger partial charge in [0.1, 0.15) is 0 Å². The molecule has 0 unspecified atom stereocenters. The van der Waals surface area contributed by atoms with E-state index in [0.717, 1.165) is 12.0 Å². The van der Waals surface area contributed by atoms with Crippen molar-refractivity contribution >= 4 is 23.8 Å².